The minimum atomic E-state index is -3.81. The molecule has 0 aliphatic rings. The van der Waals surface area contributed by atoms with Crippen molar-refractivity contribution in [1.82, 2.24) is 0 Å². The van der Waals surface area contributed by atoms with E-state index >= 15 is 0 Å². The number of hydrogen-bond acceptors (Lipinski definition) is 6. The van der Waals surface area contributed by atoms with E-state index in [1.165, 1.54) is 49.6 Å². The van der Waals surface area contributed by atoms with Crippen LogP contribution in [0.15, 0.2) is 59.5 Å². The van der Waals surface area contributed by atoms with E-state index in [4.69, 9.17) is 4.74 Å². The summed E-state index contributed by atoms with van der Waals surface area (Å²) in [5, 5.41) is 10.7. The molecule has 2 aromatic carbocycles. The molecule has 0 aliphatic heterocycles. The van der Waals surface area contributed by atoms with Gasteiger partial charge < -0.3 is 4.74 Å². The molecule has 2 aromatic rings. The van der Waals surface area contributed by atoms with Crippen LogP contribution in [-0.4, -0.2) is 32.0 Å². The van der Waals surface area contributed by atoms with Gasteiger partial charge in [0.25, 0.3) is 5.69 Å². The molecular weight excluding hydrogens is 346 g/mol. The highest BCUT2D eigenvalue weighted by Gasteiger charge is 2.18. The fourth-order valence-electron chi connectivity index (χ4n) is 2.04. The first kappa shape index (κ1) is 18.3. The van der Waals surface area contributed by atoms with Crippen molar-refractivity contribution in [2.24, 2.45) is 0 Å². The van der Waals surface area contributed by atoms with Crippen LogP contribution in [0.1, 0.15) is 5.56 Å². The second-order valence-electron chi connectivity index (χ2n) is 5.09. The van der Waals surface area contributed by atoms with Crippen LogP contribution in [0.5, 0.6) is 5.75 Å². The van der Waals surface area contributed by atoms with E-state index in [1.54, 1.807) is 12.1 Å². The zero-order valence-electron chi connectivity index (χ0n) is 13.3. The summed E-state index contributed by atoms with van der Waals surface area (Å²) in [6.07, 6.45) is 2.44. The zero-order valence-corrected chi connectivity index (χ0v) is 14.1. The van der Waals surface area contributed by atoms with Crippen LogP contribution < -0.4 is 4.74 Å². The maximum Gasteiger partial charge on any atom is 0.270 e. The number of hydrogen-bond donors (Lipinski definition) is 0. The quantitative estimate of drug-likeness (QED) is 0.427. The summed E-state index contributed by atoms with van der Waals surface area (Å²) in [6, 6.07) is 11.5. The third-order valence-corrected chi connectivity index (χ3v) is 4.91. The average molecular weight is 361 g/mol. The first-order chi connectivity index (χ1) is 11.8. The highest BCUT2D eigenvalue weighted by molar-refractivity contribution is 7.92. The number of nitro groups is 1. The van der Waals surface area contributed by atoms with E-state index in [9.17, 15) is 23.3 Å². The molecule has 0 amide bonds. The molecule has 0 radical (unpaired) electrons. The third kappa shape index (κ3) is 4.98. The molecule has 0 fully saturated rings. The lowest BCUT2D eigenvalue weighted by molar-refractivity contribution is -0.384. The van der Waals surface area contributed by atoms with E-state index in [2.05, 4.69) is 0 Å². The minimum absolute atomic E-state index is 0.0102. The van der Waals surface area contributed by atoms with Crippen LogP contribution in [0.3, 0.4) is 0 Å². The minimum Gasteiger partial charge on any atom is -0.497 e. The summed E-state index contributed by atoms with van der Waals surface area (Å²) >= 11 is 0. The lowest BCUT2D eigenvalue weighted by atomic mass is 10.2. The predicted molar refractivity (Wildman–Crippen MR) is 92.2 cm³/mol. The number of benzene rings is 2. The molecule has 0 atom stereocenters. The van der Waals surface area contributed by atoms with Crippen molar-refractivity contribution in [3.8, 4) is 5.75 Å². The summed E-state index contributed by atoms with van der Waals surface area (Å²) in [4.78, 5) is 22.1. The van der Waals surface area contributed by atoms with Crippen LogP contribution in [0.25, 0.3) is 6.08 Å². The molecule has 8 heteroatoms. The van der Waals surface area contributed by atoms with E-state index in [1.807, 2.05) is 0 Å². The molecule has 0 aliphatic carbocycles. The Labute approximate surface area is 144 Å². The van der Waals surface area contributed by atoms with Gasteiger partial charge in [0.2, 0.25) is 0 Å². The second kappa shape index (κ2) is 7.71. The largest absolute Gasteiger partial charge is 0.497 e. The molecule has 130 valence electrons. The highest BCUT2D eigenvalue weighted by atomic mass is 32.2. The van der Waals surface area contributed by atoms with Gasteiger partial charge in [-0.1, -0.05) is 24.3 Å². The fraction of sp³-hybridized carbons (Fsp3) is 0.118. The van der Waals surface area contributed by atoms with Crippen LogP contribution in [0.4, 0.5) is 5.69 Å². The fourth-order valence-corrected chi connectivity index (χ4v) is 3.26. The number of rotatable bonds is 7. The van der Waals surface area contributed by atoms with Crippen molar-refractivity contribution in [3.05, 3.63) is 70.3 Å². The summed E-state index contributed by atoms with van der Waals surface area (Å²) in [7, 11) is -2.39. The molecule has 0 heterocycles. The average Bonchev–Trinajstić information content (AvgIpc) is 2.60. The number of carbonyl (C=O) groups is 1. The van der Waals surface area contributed by atoms with E-state index in [0.29, 0.717) is 11.3 Å². The monoisotopic (exact) mass is 361 g/mol. The van der Waals surface area contributed by atoms with E-state index in [-0.39, 0.29) is 10.6 Å². The predicted octanol–water partition coefficient (Wildman–Crippen LogP) is 2.66. The van der Waals surface area contributed by atoms with Crippen molar-refractivity contribution in [3.63, 3.8) is 0 Å². The summed E-state index contributed by atoms with van der Waals surface area (Å²) in [5.74, 6) is -0.957. The van der Waals surface area contributed by atoms with Crippen LogP contribution in [-0.2, 0) is 14.6 Å². The number of nitrogens with zero attached hydrogens (tertiary/aromatic N) is 1. The highest BCUT2D eigenvalue weighted by Crippen LogP contribution is 2.19. The van der Waals surface area contributed by atoms with Gasteiger partial charge in [0.05, 0.1) is 16.9 Å². The van der Waals surface area contributed by atoms with Gasteiger partial charge in [-0.25, -0.2) is 8.42 Å². The smallest absolute Gasteiger partial charge is 0.270 e. The molecule has 0 saturated carbocycles. The Kier molecular flexibility index (Phi) is 5.66. The normalized spacial score (nSPS) is 11.4. The van der Waals surface area contributed by atoms with Gasteiger partial charge in [-0.15, -0.1) is 0 Å². The molecule has 0 N–H and O–H groups in total. The second-order valence-corrected chi connectivity index (χ2v) is 7.08. The number of methoxy groups -OCH3 is 1. The van der Waals surface area contributed by atoms with Gasteiger partial charge >= 0.3 is 0 Å². The van der Waals surface area contributed by atoms with Gasteiger partial charge in [-0.3, -0.25) is 14.9 Å². The van der Waals surface area contributed by atoms with Gasteiger partial charge in [-0.2, -0.15) is 0 Å². The first-order valence-electron chi connectivity index (χ1n) is 7.14. The van der Waals surface area contributed by atoms with Crippen LogP contribution in [0.2, 0.25) is 0 Å². The lowest BCUT2D eigenvalue weighted by Crippen LogP contribution is -2.14. The Morgan fingerprint density at radius 1 is 1.20 bits per heavy atom. The molecule has 0 unspecified atom stereocenters. The Balaban J connectivity index is 2.13. The Morgan fingerprint density at radius 3 is 2.60 bits per heavy atom. The van der Waals surface area contributed by atoms with Gasteiger partial charge in [0.15, 0.2) is 15.6 Å². The number of sulfone groups is 1. The Bertz CT molecular complexity index is 934. The topological polar surface area (TPSA) is 104 Å². The SMILES string of the molecule is COc1cccc(S(=O)(=O)CC(=O)C=Cc2cccc([N+](=O)[O-])c2)c1. The molecule has 7 nitrogen and oxygen atoms in total. The molecular formula is C17H15NO6S. The molecule has 2 rings (SSSR count). The van der Waals surface area contributed by atoms with Crippen molar-refractivity contribution in [1.29, 1.82) is 0 Å². The number of allylic oxidation sites excluding steroid dienone is 1. The molecule has 0 spiro atoms. The Hall–Kier alpha value is -3.00. The summed E-state index contributed by atoms with van der Waals surface area (Å²) < 4.78 is 29.5. The van der Waals surface area contributed by atoms with E-state index in [0.717, 1.165) is 6.08 Å². The molecule has 0 aromatic heterocycles. The number of ether oxygens (including phenoxy) is 1. The van der Waals surface area contributed by atoms with Crippen LogP contribution >= 0.6 is 0 Å². The maximum absolute atomic E-state index is 12.3. The maximum atomic E-state index is 12.3. The van der Waals surface area contributed by atoms with Crippen molar-refractivity contribution >= 4 is 27.4 Å². The van der Waals surface area contributed by atoms with Gasteiger partial charge in [-0.05, 0) is 29.8 Å². The van der Waals surface area contributed by atoms with Gasteiger partial charge in [0, 0.05) is 12.1 Å². The van der Waals surface area contributed by atoms with E-state index < -0.39 is 26.3 Å². The van der Waals surface area contributed by atoms with Crippen molar-refractivity contribution < 1.29 is 22.9 Å². The molecule has 0 bridgehead atoms. The number of ketones is 1. The number of carbonyl (C=O) groups excluding carboxylic acids is 1. The summed E-state index contributed by atoms with van der Waals surface area (Å²) in [5.41, 5.74) is 0.319. The molecule has 25 heavy (non-hydrogen) atoms. The van der Waals surface area contributed by atoms with Crippen molar-refractivity contribution in [2.45, 2.75) is 4.90 Å². The first-order valence-corrected chi connectivity index (χ1v) is 8.79. The third-order valence-electron chi connectivity index (χ3n) is 3.28. The number of non-ortho nitro benzene ring substituents is 1. The molecule has 0 saturated heterocycles. The summed E-state index contributed by atoms with van der Waals surface area (Å²) in [6.45, 7) is 0. The van der Waals surface area contributed by atoms with Crippen LogP contribution in [0, 0.1) is 10.1 Å². The standard InChI is InChI=1S/C17H15NO6S/c1-24-16-6-3-7-17(11-16)25(22,23)12-15(19)9-8-13-4-2-5-14(10-13)18(20)21/h2-11H,12H2,1H3. The Morgan fingerprint density at radius 2 is 1.92 bits per heavy atom. The lowest BCUT2D eigenvalue weighted by Gasteiger charge is -2.04. The number of nitro benzene ring substituents is 1. The zero-order chi connectivity index (χ0) is 18.4. The van der Waals surface area contributed by atoms with Crippen molar-refractivity contribution in [2.75, 3.05) is 12.9 Å². The van der Waals surface area contributed by atoms with Gasteiger partial charge in [0.1, 0.15) is 11.5 Å².